The Balaban J connectivity index is 1.56. The lowest BCUT2D eigenvalue weighted by Gasteiger charge is -2.25. The van der Waals surface area contributed by atoms with E-state index in [9.17, 15) is 4.79 Å². The first kappa shape index (κ1) is 17.4. The van der Waals surface area contributed by atoms with E-state index < -0.39 is 0 Å². The van der Waals surface area contributed by atoms with Crippen molar-refractivity contribution in [1.29, 1.82) is 0 Å². The predicted octanol–water partition coefficient (Wildman–Crippen LogP) is 3.96. The molecule has 1 N–H and O–H groups in total. The molecule has 1 aromatic heterocycles. The second kappa shape index (κ2) is 8.08. The van der Waals surface area contributed by atoms with Gasteiger partial charge in [-0.15, -0.1) is 11.3 Å². The van der Waals surface area contributed by atoms with Crippen molar-refractivity contribution in [3.05, 3.63) is 29.3 Å². The molecule has 3 rings (SSSR count). The van der Waals surface area contributed by atoms with Gasteiger partial charge < -0.3 is 5.32 Å². The van der Waals surface area contributed by atoms with Crippen molar-refractivity contribution in [2.24, 2.45) is 0 Å². The van der Waals surface area contributed by atoms with Crippen molar-refractivity contribution in [3.8, 4) is 0 Å². The topological polar surface area (TPSA) is 45.2 Å². The Morgan fingerprint density at radius 3 is 2.71 bits per heavy atom. The highest BCUT2D eigenvalue weighted by Crippen LogP contribution is 2.23. The van der Waals surface area contributed by atoms with Crippen molar-refractivity contribution in [3.63, 3.8) is 0 Å². The minimum absolute atomic E-state index is 0.139. The maximum atomic E-state index is 12.6. The lowest BCUT2D eigenvalue weighted by atomic mass is 10.1. The Morgan fingerprint density at radius 2 is 2.00 bits per heavy atom. The summed E-state index contributed by atoms with van der Waals surface area (Å²) in [5.41, 5.74) is 1.04. The lowest BCUT2D eigenvalue weighted by Crippen LogP contribution is -2.46. The molecule has 0 spiro atoms. The number of carbonyl (C=O) groups excluding carboxylic acids is 1. The summed E-state index contributed by atoms with van der Waals surface area (Å²) in [6.07, 6.45) is 7.33. The van der Waals surface area contributed by atoms with Crippen molar-refractivity contribution < 1.29 is 4.79 Å². The number of fused-ring (bicyclic) bond motifs is 1. The van der Waals surface area contributed by atoms with E-state index in [4.69, 9.17) is 0 Å². The van der Waals surface area contributed by atoms with Crippen LogP contribution < -0.4 is 5.32 Å². The second-order valence-electron chi connectivity index (χ2n) is 6.86. The van der Waals surface area contributed by atoms with Crippen molar-refractivity contribution in [2.75, 3.05) is 7.05 Å². The molecular weight excluding hydrogens is 318 g/mol. The highest BCUT2D eigenvalue weighted by atomic mass is 32.1. The number of hydrogen-bond acceptors (Lipinski definition) is 4. The number of nitrogens with zero attached hydrogens (tertiary/aromatic N) is 2. The molecule has 130 valence electrons. The quantitative estimate of drug-likeness (QED) is 0.835. The first-order chi connectivity index (χ1) is 11.6. The van der Waals surface area contributed by atoms with Gasteiger partial charge in [0.15, 0.2) is 0 Å². The fraction of sp³-hybridized carbons (Fsp3) is 0.579. The fourth-order valence-corrected chi connectivity index (χ4v) is 4.31. The van der Waals surface area contributed by atoms with Crippen LogP contribution in [0.5, 0.6) is 0 Å². The predicted molar refractivity (Wildman–Crippen MR) is 100 cm³/mol. The molecule has 1 amide bonds. The zero-order valence-electron chi connectivity index (χ0n) is 14.6. The molecule has 0 bridgehead atoms. The van der Waals surface area contributed by atoms with Gasteiger partial charge in [0.1, 0.15) is 5.01 Å². The monoisotopic (exact) mass is 345 g/mol. The standard InChI is InChI=1S/C19H27N3OS/c1-14(19(23)20-15-9-5-3-4-6-10-15)22(2)13-18-21-16-11-7-8-12-17(16)24-18/h7-8,11-12,14-15H,3-6,9-10,13H2,1-2H3,(H,20,23). The molecule has 0 radical (unpaired) electrons. The summed E-state index contributed by atoms with van der Waals surface area (Å²) in [6, 6.07) is 8.41. The molecule has 24 heavy (non-hydrogen) atoms. The van der Waals surface area contributed by atoms with Crippen LogP contribution in [-0.2, 0) is 11.3 Å². The van der Waals surface area contributed by atoms with Gasteiger partial charge in [-0.1, -0.05) is 37.8 Å². The summed E-state index contributed by atoms with van der Waals surface area (Å²) < 4.78 is 1.21. The Hall–Kier alpha value is -1.46. The van der Waals surface area contributed by atoms with Gasteiger partial charge >= 0.3 is 0 Å². The molecule has 1 aliphatic rings. The van der Waals surface area contributed by atoms with Crippen LogP contribution in [0.2, 0.25) is 0 Å². The summed E-state index contributed by atoms with van der Waals surface area (Å²) >= 11 is 1.71. The maximum Gasteiger partial charge on any atom is 0.237 e. The highest BCUT2D eigenvalue weighted by molar-refractivity contribution is 7.18. The van der Waals surface area contributed by atoms with Gasteiger partial charge in [0.05, 0.1) is 22.8 Å². The van der Waals surface area contributed by atoms with Gasteiger partial charge in [-0.3, -0.25) is 9.69 Å². The van der Waals surface area contributed by atoms with E-state index in [0.29, 0.717) is 12.6 Å². The fourth-order valence-electron chi connectivity index (χ4n) is 3.28. The van der Waals surface area contributed by atoms with Gasteiger partial charge in [-0.2, -0.15) is 0 Å². The third-order valence-electron chi connectivity index (χ3n) is 4.96. The molecule has 1 heterocycles. The van der Waals surface area contributed by atoms with Crippen LogP contribution >= 0.6 is 11.3 Å². The first-order valence-electron chi connectivity index (χ1n) is 8.98. The number of hydrogen-bond donors (Lipinski definition) is 1. The van der Waals surface area contributed by atoms with Crippen molar-refractivity contribution >= 4 is 27.5 Å². The van der Waals surface area contributed by atoms with Crippen LogP contribution in [-0.4, -0.2) is 34.9 Å². The van der Waals surface area contributed by atoms with Crippen LogP contribution in [0.25, 0.3) is 10.2 Å². The van der Waals surface area contributed by atoms with E-state index in [1.165, 1.54) is 30.4 Å². The molecule has 1 aliphatic carbocycles. The largest absolute Gasteiger partial charge is 0.352 e. The molecule has 1 atom stereocenters. The van der Waals surface area contributed by atoms with Crippen LogP contribution in [0.15, 0.2) is 24.3 Å². The summed E-state index contributed by atoms with van der Waals surface area (Å²) in [5.74, 6) is 0.144. The summed E-state index contributed by atoms with van der Waals surface area (Å²) in [5, 5.41) is 4.32. The number of para-hydroxylation sites is 1. The van der Waals surface area contributed by atoms with Gasteiger partial charge in [-0.25, -0.2) is 4.98 Å². The average molecular weight is 346 g/mol. The Labute approximate surface area is 148 Å². The molecule has 1 unspecified atom stereocenters. The Morgan fingerprint density at radius 1 is 1.29 bits per heavy atom. The Bertz CT molecular complexity index is 643. The van der Waals surface area contributed by atoms with E-state index in [-0.39, 0.29) is 11.9 Å². The highest BCUT2D eigenvalue weighted by Gasteiger charge is 2.22. The molecule has 0 saturated heterocycles. The van der Waals surface area contributed by atoms with Gasteiger partial charge in [0.25, 0.3) is 0 Å². The third-order valence-corrected chi connectivity index (χ3v) is 5.99. The molecular formula is C19H27N3OS. The second-order valence-corrected chi connectivity index (χ2v) is 7.98. The van der Waals surface area contributed by atoms with E-state index in [0.717, 1.165) is 23.4 Å². The zero-order valence-corrected chi connectivity index (χ0v) is 15.4. The average Bonchev–Trinajstić information content (AvgIpc) is 2.80. The molecule has 2 aromatic rings. The van der Waals surface area contributed by atoms with E-state index in [1.807, 2.05) is 32.2 Å². The number of carbonyl (C=O) groups is 1. The maximum absolute atomic E-state index is 12.6. The number of likely N-dealkylation sites (N-methyl/N-ethyl adjacent to an activating group) is 1. The van der Waals surface area contributed by atoms with Crippen LogP contribution in [0.4, 0.5) is 0 Å². The minimum atomic E-state index is -0.139. The van der Waals surface area contributed by atoms with Crippen molar-refractivity contribution in [2.45, 2.75) is 64.1 Å². The number of amides is 1. The van der Waals surface area contributed by atoms with Gasteiger partial charge in [0.2, 0.25) is 5.91 Å². The lowest BCUT2D eigenvalue weighted by molar-refractivity contribution is -0.126. The molecule has 0 aliphatic heterocycles. The van der Waals surface area contributed by atoms with E-state index in [2.05, 4.69) is 21.3 Å². The van der Waals surface area contributed by atoms with E-state index in [1.54, 1.807) is 11.3 Å². The zero-order chi connectivity index (χ0) is 16.9. The number of aromatic nitrogens is 1. The summed E-state index contributed by atoms with van der Waals surface area (Å²) in [4.78, 5) is 19.3. The molecule has 1 aromatic carbocycles. The number of thiazole rings is 1. The third kappa shape index (κ3) is 4.33. The summed E-state index contributed by atoms with van der Waals surface area (Å²) in [6.45, 7) is 2.69. The Kier molecular flexibility index (Phi) is 5.85. The summed E-state index contributed by atoms with van der Waals surface area (Å²) in [7, 11) is 2.00. The normalized spacial score (nSPS) is 17.8. The van der Waals surface area contributed by atoms with Gasteiger partial charge in [0, 0.05) is 6.04 Å². The molecule has 1 saturated carbocycles. The van der Waals surface area contributed by atoms with Crippen LogP contribution in [0, 0.1) is 0 Å². The smallest absolute Gasteiger partial charge is 0.237 e. The SMILES string of the molecule is CC(C(=O)NC1CCCCCC1)N(C)Cc1nc2ccccc2s1. The number of nitrogens with one attached hydrogen (secondary N) is 1. The number of rotatable bonds is 5. The van der Waals surface area contributed by atoms with Crippen LogP contribution in [0.1, 0.15) is 50.5 Å². The molecule has 5 heteroatoms. The van der Waals surface area contributed by atoms with Gasteiger partial charge in [-0.05, 0) is 38.9 Å². The first-order valence-corrected chi connectivity index (χ1v) is 9.80. The number of benzene rings is 1. The minimum Gasteiger partial charge on any atom is -0.352 e. The van der Waals surface area contributed by atoms with E-state index >= 15 is 0 Å². The molecule has 4 nitrogen and oxygen atoms in total. The van der Waals surface area contributed by atoms with Crippen LogP contribution in [0.3, 0.4) is 0 Å². The molecule has 1 fully saturated rings. The van der Waals surface area contributed by atoms with Crippen molar-refractivity contribution in [1.82, 2.24) is 15.2 Å².